The number of nitrogens with one attached hydrogen (secondary N) is 1. The molecule has 2 atom stereocenters. The van der Waals surface area contributed by atoms with Crippen LogP contribution in [0.5, 0.6) is 0 Å². The second kappa shape index (κ2) is 5.84. The summed E-state index contributed by atoms with van der Waals surface area (Å²) in [5.41, 5.74) is 2.87. The number of amides is 1. The lowest BCUT2D eigenvalue weighted by atomic mass is 10.00. The molecular weight excluding hydrogens is 269 g/mol. The first kappa shape index (κ1) is 14.2. The minimum Gasteiger partial charge on any atom is -0.284 e. The summed E-state index contributed by atoms with van der Waals surface area (Å²) in [7, 11) is 0. The Labute approximate surface area is 116 Å². The molecule has 0 saturated carbocycles. The average molecular weight is 286 g/mol. The summed E-state index contributed by atoms with van der Waals surface area (Å²) in [6.07, 6.45) is 4.20. The lowest BCUT2D eigenvalue weighted by Gasteiger charge is -2.38. The van der Waals surface area contributed by atoms with Gasteiger partial charge in [0.1, 0.15) is 11.0 Å². The highest BCUT2D eigenvalue weighted by molar-refractivity contribution is 6.32. The maximum atomic E-state index is 13.1. The van der Waals surface area contributed by atoms with E-state index in [4.69, 9.17) is 11.6 Å². The lowest BCUT2D eigenvalue weighted by molar-refractivity contribution is 0.0369. The predicted octanol–water partition coefficient (Wildman–Crippen LogP) is 2.78. The smallest absolute Gasteiger partial charge is 0.268 e. The number of hydrogen-bond donors (Lipinski definition) is 1. The molecule has 4 nitrogen and oxygen atoms in total. The molecule has 0 radical (unpaired) electrons. The molecule has 1 N–H and O–H groups in total. The van der Waals surface area contributed by atoms with Crippen LogP contribution in [-0.2, 0) is 0 Å². The fourth-order valence-electron chi connectivity index (χ4n) is 2.40. The molecule has 1 fully saturated rings. The van der Waals surface area contributed by atoms with Gasteiger partial charge < -0.3 is 0 Å². The van der Waals surface area contributed by atoms with Crippen LogP contribution in [0, 0.1) is 5.82 Å². The third kappa shape index (κ3) is 3.22. The van der Waals surface area contributed by atoms with E-state index in [1.54, 1.807) is 0 Å². The second-order valence-corrected chi connectivity index (χ2v) is 5.33. The van der Waals surface area contributed by atoms with Gasteiger partial charge in [-0.05, 0) is 32.8 Å². The molecule has 1 saturated heterocycles. The zero-order valence-corrected chi connectivity index (χ0v) is 11.7. The van der Waals surface area contributed by atoms with Gasteiger partial charge in [0, 0.05) is 12.1 Å². The van der Waals surface area contributed by atoms with Crippen LogP contribution in [0.25, 0.3) is 0 Å². The molecular formula is C13H17ClFN3O. The molecule has 2 heterocycles. The van der Waals surface area contributed by atoms with Gasteiger partial charge in [-0.15, -0.1) is 0 Å². The topological polar surface area (TPSA) is 45.2 Å². The molecule has 1 aromatic rings. The number of hydrogen-bond acceptors (Lipinski definition) is 3. The highest BCUT2D eigenvalue weighted by atomic mass is 35.5. The zero-order chi connectivity index (χ0) is 14.0. The molecule has 1 aromatic heterocycles. The largest absolute Gasteiger partial charge is 0.284 e. The van der Waals surface area contributed by atoms with Gasteiger partial charge in [-0.3, -0.25) is 10.2 Å². The highest BCUT2D eigenvalue weighted by Gasteiger charge is 2.27. The molecule has 1 aliphatic rings. The summed E-state index contributed by atoms with van der Waals surface area (Å²) >= 11 is 5.82. The Hall–Kier alpha value is -1.20. The fraction of sp³-hybridized carbons (Fsp3) is 0.538. The highest BCUT2D eigenvalue weighted by Crippen LogP contribution is 2.21. The number of piperidine rings is 1. The fourth-order valence-corrected chi connectivity index (χ4v) is 2.59. The van der Waals surface area contributed by atoms with Crippen LogP contribution in [0.15, 0.2) is 12.3 Å². The van der Waals surface area contributed by atoms with Gasteiger partial charge in [0.05, 0.1) is 11.8 Å². The molecule has 0 bridgehead atoms. The van der Waals surface area contributed by atoms with Crippen molar-refractivity contribution in [2.75, 3.05) is 0 Å². The van der Waals surface area contributed by atoms with E-state index in [-0.39, 0.29) is 22.8 Å². The number of pyridine rings is 1. The first-order chi connectivity index (χ1) is 8.99. The third-order valence-electron chi connectivity index (χ3n) is 3.47. The van der Waals surface area contributed by atoms with E-state index in [1.807, 2.05) is 5.01 Å². The summed E-state index contributed by atoms with van der Waals surface area (Å²) in [6, 6.07) is 1.62. The van der Waals surface area contributed by atoms with Crippen molar-refractivity contribution in [1.29, 1.82) is 0 Å². The molecule has 6 heteroatoms. The number of rotatable bonds is 2. The molecule has 1 aliphatic heterocycles. The minimum atomic E-state index is -0.575. The minimum absolute atomic E-state index is 0.0104. The van der Waals surface area contributed by atoms with Crippen molar-refractivity contribution >= 4 is 17.5 Å². The first-order valence-corrected chi connectivity index (χ1v) is 6.77. The Balaban J connectivity index is 2.14. The molecule has 0 spiro atoms. The predicted molar refractivity (Wildman–Crippen MR) is 71.3 cm³/mol. The van der Waals surface area contributed by atoms with Gasteiger partial charge in [0.15, 0.2) is 0 Å². The number of carbonyl (C=O) groups is 1. The molecule has 1 amide bonds. The number of halogens is 2. The van der Waals surface area contributed by atoms with Gasteiger partial charge in [0.2, 0.25) is 0 Å². The van der Waals surface area contributed by atoms with E-state index < -0.39 is 11.7 Å². The van der Waals surface area contributed by atoms with Crippen molar-refractivity contribution in [3.63, 3.8) is 0 Å². The Bertz CT molecular complexity index is 473. The van der Waals surface area contributed by atoms with E-state index in [2.05, 4.69) is 24.3 Å². The quantitative estimate of drug-likeness (QED) is 0.850. The van der Waals surface area contributed by atoms with Crippen molar-refractivity contribution in [3.8, 4) is 0 Å². The Morgan fingerprint density at radius 1 is 1.47 bits per heavy atom. The van der Waals surface area contributed by atoms with Crippen LogP contribution in [0.4, 0.5) is 4.39 Å². The molecule has 19 heavy (non-hydrogen) atoms. The van der Waals surface area contributed by atoms with E-state index in [1.165, 1.54) is 0 Å². The monoisotopic (exact) mass is 285 g/mol. The number of hydrazine groups is 1. The normalized spacial score (nSPS) is 24.2. The van der Waals surface area contributed by atoms with E-state index in [0.717, 1.165) is 31.5 Å². The zero-order valence-electron chi connectivity index (χ0n) is 11.0. The lowest BCUT2D eigenvalue weighted by Crippen LogP contribution is -2.54. The summed E-state index contributed by atoms with van der Waals surface area (Å²) in [4.78, 5) is 15.8. The van der Waals surface area contributed by atoms with Crippen molar-refractivity contribution in [2.45, 2.75) is 45.2 Å². The maximum absolute atomic E-state index is 13.1. The molecule has 0 aromatic carbocycles. The Morgan fingerprint density at radius 2 is 2.11 bits per heavy atom. The molecule has 2 rings (SSSR count). The third-order valence-corrected chi connectivity index (χ3v) is 3.78. The Morgan fingerprint density at radius 3 is 2.74 bits per heavy atom. The van der Waals surface area contributed by atoms with Gasteiger partial charge >= 0.3 is 0 Å². The van der Waals surface area contributed by atoms with Crippen LogP contribution in [-0.4, -0.2) is 28.0 Å². The second-order valence-electron chi connectivity index (χ2n) is 4.97. The number of nitrogens with zero attached hydrogens (tertiary/aromatic N) is 2. The van der Waals surface area contributed by atoms with E-state index in [0.29, 0.717) is 0 Å². The molecule has 104 valence electrons. The van der Waals surface area contributed by atoms with Crippen molar-refractivity contribution in [1.82, 2.24) is 15.4 Å². The SMILES string of the molecule is CC1CCCC(C)N1NC(=O)c1cc(F)cnc1Cl. The maximum Gasteiger partial charge on any atom is 0.268 e. The van der Waals surface area contributed by atoms with Crippen molar-refractivity contribution in [3.05, 3.63) is 28.8 Å². The molecule has 2 unspecified atom stereocenters. The first-order valence-electron chi connectivity index (χ1n) is 6.39. The van der Waals surface area contributed by atoms with Crippen LogP contribution >= 0.6 is 11.6 Å². The summed E-state index contributed by atoms with van der Waals surface area (Å²) in [5.74, 6) is -0.994. The van der Waals surface area contributed by atoms with Crippen molar-refractivity contribution in [2.24, 2.45) is 0 Å². The van der Waals surface area contributed by atoms with Gasteiger partial charge in [0.25, 0.3) is 5.91 Å². The van der Waals surface area contributed by atoms with Crippen LogP contribution < -0.4 is 5.43 Å². The summed E-state index contributed by atoms with van der Waals surface area (Å²) in [5, 5.41) is 1.92. The van der Waals surface area contributed by atoms with E-state index >= 15 is 0 Å². The molecule has 0 aliphatic carbocycles. The van der Waals surface area contributed by atoms with Gasteiger partial charge in [-0.25, -0.2) is 14.4 Å². The summed E-state index contributed by atoms with van der Waals surface area (Å²) in [6.45, 7) is 4.11. The average Bonchev–Trinajstić information content (AvgIpc) is 2.37. The van der Waals surface area contributed by atoms with Crippen LogP contribution in [0.1, 0.15) is 43.5 Å². The summed E-state index contributed by atoms with van der Waals surface area (Å²) < 4.78 is 13.1. The van der Waals surface area contributed by atoms with Crippen molar-refractivity contribution < 1.29 is 9.18 Å². The van der Waals surface area contributed by atoms with Gasteiger partial charge in [-0.2, -0.15) is 0 Å². The van der Waals surface area contributed by atoms with Crippen LogP contribution in [0.3, 0.4) is 0 Å². The van der Waals surface area contributed by atoms with Crippen LogP contribution in [0.2, 0.25) is 5.15 Å². The number of aromatic nitrogens is 1. The Kier molecular flexibility index (Phi) is 4.37. The standard InChI is InChI=1S/C13H17ClFN3O/c1-8-4-3-5-9(2)18(8)17-13(19)11-6-10(15)7-16-12(11)14/h6-9H,3-5H2,1-2H3,(H,17,19). The van der Waals surface area contributed by atoms with E-state index in [9.17, 15) is 9.18 Å². The van der Waals surface area contributed by atoms with Gasteiger partial charge in [-0.1, -0.05) is 18.0 Å². The number of carbonyl (C=O) groups excluding carboxylic acids is 1.